The van der Waals surface area contributed by atoms with Crippen molar-refractivity contribution in [3.05, 3.63) is 40.0 Å². The van der Waals surface area contributed by atoms with Gasteiger partial charge in [-0.2, -0.15) is 0 Å². The van der Waals surface area contributed by atoms with Crippen LogP contribution < -0.4 is 5.32 Å². The van der Waals surface area contributed by atoms with Crippen molar-refractivity contribution in [3.63, 3.8) is 0 Å². The predicted molar refractivity (Wildman–Crippen MR) is 95.3 cm³/mol. The van der Waals surface area contributed by atoms with Gasteiger partial charge in [-0.15, -0.1) is 0 Å². The number of benzene rings is 1. The van der Waals surface area contributed by atoms with Crippen LogP contribution in [0, 0.1) is 0 Å². The summed E-state index contributed by atoms with van der Waals surface area (Å²) in [6.45, 7) is 2.92. The minimum absolute atomic E-state index is 0.0225. The van der Waals surface area contributed by atoms with Crippen molar-refractivity contribution in [2.45, 2.75) is 51.9 Å². The molecule has 0 spiro atoms. The number of aryl methyl sites for hydroxylation is 1. The van der Waals surface area contributed by atoms with Crippen LogP contribution in [-0.4, -0.2) is 17.4 Å². The number of hydrogen-bond donors (Lipinski definition) is 1. The lowest BCUT2D eigenvalue weighted by Crippen LogP contribution is -2.26. The third kappa shape index (κ3) is 3.50. The average molecular weight is 331 g/mol. The number of nitrogens with one attached hydrogen (secondary N) is 1. The molecule has 0 unspecified atom stereocenters. The Morgan fingerprint density at radius 2 is 2.13 bits per heavy atom. The number of aromatic nitrogens is 1. The molecule has 1 aromatic heterocycles. The van der Waals surface area contributed by atoms with Gasteiger partial charge in [-0.3, -0.25) is 9.78 Å². The Kier molecular flexibility index (Phi) is 5.16. The quantitative estimate of drug-likeness (QED) is 0.781. The molecule has 122 valence electrons. The van der Waals surface area contributed by atoms with E-state index in [1.165, 1.54) is 12.8 Å². The zero-order chi connectivity index (χ0) is 16.2. The highest BCUT2D eigenvalue weighted by atomic mass is 35.5. The highest BCUT2D eigenvalue weighted by Gasteiger charge is 2.23. The first kappa shape index (κ1) is 16.3. The van der Waals surface area contributed by atoms with Gasteiger partial charge in [-0.25, -0.2) is 0 Å². The number of rotatable bonds is 6. The van der Waals surface area contributed by atoms with Crippen molar-refractivity contribution < 1.29 is 4.79 Å². The molecule has 1 aromatic carbocycles. The molecule has 1 aliphatic carbocycles. The van der Waals surface area contributed by atoms with E-state index in [4.69, 9.17) is 16.6 Å². The van der Waals surface area contributed by atoms with Gasteiger partial charge in [-0.1, -0.05) is 37.8 Å². The first-order chi connectivity index (χ1) is 11.2. The third-order valence-corrected chi connectivity index (χ3v) is 4.75. The molecular formula is C19H23ClN2O. The number of carbonyl (C=O) groups is 1. The minimum atomic E-state index is 0.0225. The van der Waals surface area contributed by atoms with Crippen LogP contribution in [0.1, 0.15) is 60.6 Å². The number of carbonyl (C=O) groups excluding carboxylic acids is 1. The van der Waals surface area contributed by atoms with E-state index in [-0.39, 0.29) is 5.91 Å². The fourth-order valence-electron chi connectivity index (χ4n) is 3.34. The number of amides is 1. The normalized spacial score (nSPS) is 13.3. The SMILES string of the molecule is CCCCCCNC(=O)c1c2c(nc3ccc(Cl)cc13)CCC2. The van der Waals surface area contributed by atoms with Crippen LogP contribution in [-0.2, 0) is 12.8 Å². The molecule has 1 aliphatic rings. The van der Waals surface area contributed by atoms with E-state index in [9.17, 15) is 4.79 Å². The molecule has 0 atom stereocenters. The molecule has 0 bridgehead atoms. The molecule has 0 fully saturated rings. The fourth-order valence-corrected chi connectivity index (χ4v) is 3.51. The van der Waals surface area contributed by atoms with Crippen molar-refractivity contribution in [2.75, 3.05) is 6.54 Å². The summed E-state index contributed by atoms with van der Waals surface area (Å²) in [4.78, 5) is 17.5. The van der Waals surface area contributed by atoms with Gasteiger partial charge < -0.3 is 5.32 Å². The number of hydrogen-bond acceptors (Lipinski definition) is 2. The second-order valence-electron chi connectivity index (χ2n) is 6.24. The van der Waals surface area contributed by atoms with Crippen LogP contribution in [0.2, 0.25) is 5.02 Å². The van der Waals surface area contributed by atoms with E-state index < -0.39 is 0 Å². The highest BCUT2D eigenvalue weighted by Crippen LogP contribution is 2.31. The molecule has 1 heterocycles. The second kappa shape index (κ2) is 7.31. The van der Waals surface area contributed by atoms with Crippen molar-refractivity contribution in [3.8, 4) is 0 Å². The zero-order valence-electron chi connectivity index (χ0n) is 13.6. The third-order valence-electron chi connectivity index (χ3n) is 4.52. The molecular weight excluding hydrogens is 308 g/mol. The van der Waals surface area contributed by atoms with Gasteiger partial charge in [0.1, 0.15) is 0 Å². The lowest BCUT2D eigenvalue weighted by molar-refractivity contribution is 0.0953. The first-order valence-corrected chi connectivity index (χ1v) is 8.97. The van der Waals surface area contributed by atoms with Gasteiger partial charge in [0.05, 0.1) is 11.1 Å². The summed E-state index contributed by atoms with van der Waals surface area (Å²) in [7, 11) is 0. The number of pyridine rings is 1. The summed E-state index contributed by atoms with van der Waals surface area (Å²) in [5.74, 6) is 0.0225. The number of fused-ring (bicyclic) bond motifs is 2. The van der Waals surface area contributed by atoms with Crippen molar-refractivity contribution >= 4 is 28.4 Å². The van der Waals surface area contributed by atoms with E-state index in [0.717, 1.165) is 66.4 Å². The van der Waals surface area contributed by atoms with Crippen molar-refractivity contribution in [2.24, 2.45) is 0 Å². The van der Waals surface area contributed by atoms with E-state index in [1.807, 2.05) is 18.2 Å². The smallest absolute Gasteiger partial charge is 0.252 e. The summed E-state index contributed by atoms with van der Waals surface area (Å²) in [5.41, 5.74) is 3.86. The summed E-state index contributed by atoms with van der Waals surface area (Å²) in [6, 6.07) is 5.62. The molecule has 0 aliphatic heterocycles. The van der Waals surface area contributed by atoms with Gasteiger partial charge in [0, 0.05) is 22.6 Å². The topological polar surface area (TPSA) is 42.0 Å². The fraction of sp³-hybridized carbons (Fsp3) is 0.474. The van der Waals surface area contributed by atoms with E-state index in [0.29, 0.717) is 5.02 Å². The Morgan fingerprint density at radius 1 is 1.26 bits per heavy atom. The summed E-state index contributed by atoms with van der Waals surface area (Å²) in [6.07, 6.45) is 7.59. The van der Waals surface area contributed by atoms with Crippen LogP contribution in [0.4, 0.5) is 0 Å². The molecule has 0 radical (unpaired) electrons. The molecule has 3 rings (SSSR count). The first-order valence-electron chi connectivity index (χ1n) is 8.60. The van der Waals surface area contributed by atoms with Gasteiger partial charge in [0.2, 0.25) is 0 Å². The Hall–Kier alpha value is -1.61. The van der Waals surface area contributed by atoms with Crippen LogP contribution in [0.15, 0.2) is 18.2 Å². The molecule has 23 heavy (non-hydrogen) atoms. The van der Waals surface area contributed by atoms with E-state index >= 15 is 0 Å². The lowest BCUT2D eigenvalue weighted by Gasteiger charge is -2.13. The Bertz CT molecular complexity index is 727. The number of nitrogens with zero attached hydrogens (tertiary/aromatic N) is 1. The molecule has 2 aromatic rings. The predicted octanol–water partition coefficient (Wildman–Crippen LogP) is 4.69. The van der Waals surface area contributed by atoms with Crippen molar-refractivity contribution in [1.29, 1.82) is 0 Å². The standard InChI is InChI=1S/C19H23ClN2O/c1-2-3-4-5-11-21-19(23)18-14-7-6-8-16(14)22-17-10-9-13(20)12-15(17)18/h9-10,12H,2-8,11H2,1H3,(H,21,23). The van der Waals surface area contributed by atoms with Gasteiger partial charge in [0.25, 0.3) is 5.91 Å². The summed E-state index contributed by atoms with van der Waals surface area (Å²) >= 11 is 6.15. The van der Waals surface area contributed by atoms with Gasteiger partial charge >= 0.3 is 0 Å². The number of halogens is 1. The second-order valence-corrected chi connectivity index (χ2v) is 6.68. The Balaban J connectivity index is 1.89. The molecule has 1 N–H and O–H groups in total. The monoisotopic (exact) mass is 330 g/mol. The summed E-state index contributed by atoms with van der Waals surface area (Å²) in [5, 5.41) is 4.62. The lowest BCUT2D eigenvalue weighted by atomic mass is 10.0. The van der Waals surface area contributed by atoms with Crippen LogP contribution in [0.3, 0.4) is 0 Å². The molecule has 4 heteroatoms. The van der Waals surface area contributed by atoms with Gasteiger partial charge in [0.15, 0.2) is 0 Å². The maximum atomic E-state index is 12.8. The van der Waals surface area contributed by atoms with E-state index in [1.54, 1.807) is 0 Å². The minimum Gasteiger partial charge on any atom is -0.352 e. The van der Waals surface area contributed by atoms with Crippen molar-refractivity contribution in [1.82, 2.24) is 10.3 Å². The zero-order valence-corrected chi connectivity index (χ0v) is 14.4. The Labute approximate surface area is 142 Å². The van der Waals surface area contributed by atoms with Crippen LogP contribution in [0.25, 0.3) is 10.9 Å². The highest BCUT2D eigenvalue weighted by molar-refractivity contribution is 6.31. The van der Waals surface area contributed by atoms with E-state index in [2.05, 4.69) is 12.2 Å². The van der Waals surface area contributed by atoms with Crippen LogP contribution >= 0.6 is 11.6 Å². The average Bonchev–Trinajstić information content (AvgIpc) is 3.00. The molecule has 1 amide bonds. The Morgan fingerprint density at radius 3 is 2.96 bits per heavy atom. The summed E-state index contributed by atoms with van der Waals surface area (Å²) < 4.78 is 0. The van der Waals surface area contributed by atoms with Gasteiger partial charge in [-0.05, 0) is 49.4 Å². The molecule has 0 saturated heterocycles. The molecule has 3 nitrogen and oxygen atoms in total. The van der Waals surface area contributed by atoms with Crippen LogP contribution in [0.5, 0.6) is 0 Å². The largest absolute Gasteiger partial charge is 0.352 e. The maximum Gasteiger partial charge on any atom is 0.252 e. The number of unbranched alkanes of at least 4 members (excludes halogenated alkanes) is 3. The molecule has 0 saturated carbocycles. The maximum absolute atomic E-state index is 12.8.